The van der Waals surface area contributed by atoms with Crippen molar-refractivity contribution in [2.75, 3.05) is 11.6 Å². The summed E-state index contributed by atoms with van der Waals surface area (Å²) in [6.07, 6.45) is 2.30. The van der Waals surface area contributed by atoms with E-state index in [2.05, 4.69) is 22.8 Å². The summed E-state index contributed by atoms with van der Waals surface area (Å²) in [6.45, 7) is 0.499. The zero-order valence-corrected chi connectivity index (χ0v) is 17.7. The predicted molar refractivity (Wildman–Crippen MR) is 120 cm³/mol. The van der Waals surface area contributed by atoms with Crippen molar-refractivity contribution in [2.24, 2.45) is 0 Å². The summed E-state index contributed by atoms with van der Waals surface area (Å²) in [4.78, 5) is 13.7. The van der Waals surface area contributed by atoms with E-state index >= 15 is 0 Å². The molecule has 0 radical (unpaired) electrons. The van der Waals surface area contributed by atoms with Crippen LogP contribution in [0.4, 0.5) is 11.4 Å². The van der Waals surface area contributed by atoms with Crippen LogP contribution in [0.15, 0.2) is 71.6 Å². The van der Waals surface area contributed by atoms with Crippen molar-refractivity contribution >= 4 is 52.2 Å². The van der Waals surface area contributed by atoms with E-state index in [1.165, 1.54) is 4.90 Å². The highest BCUT2D eigenvalue weighted by molar-refractivity contribution is 7.98. The molecule has 0 aliphatic rings. The third-order valence-electron chi connectivity index (χ3n) is 4.24. The largest absolute Gasteiger partial charge is 0.353 e. The average Bonchev–Trinajstić information content (AvgIpc) is 2.71. The van der Waals surface area contributed by atoms with E-state index in [0.717, 1.165) is 16.8 Å². The maximum atomic E-state index is 12.5. The fraction of sp³-hybridized carbons (Fsp3) is 0.136. The van der Waals surface area contributed by atoms with Crippen LogP contribution in [0.5, 0.6) is 0 Å². The van der Waals surface area contributed by atoms with Gasteiger partial charge in [-0.3, -0.25) is 4.79 Å². The molecule has 0 aromatic heterocycles. The molecule has 1 amide bonds. The topological polar surface area (TPSA) is 41.1 Å². The number of para-hydroxylation sites is 2. The van der Waals surface area contributed by atoms with Crippen molar-refractivity contribution in [3.63, 3.8) is 0 Å². The molecule has 144 valence electrons. The third-order valence-corrected chi connectivity index (χ3v) is 5.61. The molecule has 0 bridgehead atoms. The van der Waals surface area contributed by atoms with Gasteiger partial charge in [0.15, 0.2) is 0 Å². The molecular weight excluding hydrogens is 411 g/mol. The maximum Gasteiger partial charge on any atom is 0.224 e. The van der Waals surface area contributed by atoms with Crippen molar-refractivity contribution in [1.29, 1.82) is 0 Å². The Morgan fingerprint density at radius 2 is 1.61 bits per heavy atom. The van der Waals surface area contributed by atoms with Crippen LogP contribution in [0, 0.1) is 0 Å². The molecule has 3 nitrogen and oxygen atoms in total. The lowest BCUT2D eigenvalue weighted by atomic mass is 10.1. The van der Waals surface area contributed by atoms with Crippen LogP contribution in [-0.4, -0.2) is 12.2 Å². The first-order chi connectivity index (χ1) is 13.6. The Kier molecular flexibility index (Phi) is 7.26. The Labute approximate surface area is 179 Å². The quantitative estimate of drug-likeness (QED) is 0.430. The lowest BCUT2D eigenvalue weighted by Gasteiger charge is -2.14. The van der Waals surface area contributed by atoms with Crippen LogP contribution < -0.4 is 10.6 Å². The number of carbonyl (C=O) groups is 1. The number of amides is 1. The van der Waals surface area contributed by atoms with Crippen LogP contribution in [0.3, 0.4) is 0 Å². The standard InChI is InChI=1S/C22H20Cl2N2OS/c1-28-17-11-9-15(10-12-17)14-25-21(27)13-16-5-2-3-8-20(16)26-22-18(23)6-4-7-19(22)24/h2-12,26H,13-14H2,1H3,(H,25,27). The van der Waals surface area contributed by atoms with E-state index in [1.54, 1.807) is 30.0 Å². The maximum absolute atomic E-state index is 12.5. The molecule has 0 fully saturated rings. The molecule has 0 aliphatic heterocycles. The van der Waals surface area contributed by atoms with Gasteiger partial charge in [0.25, 0.3) is 0 Å². The van der Waals surface area contributed by atoms with Crippen LogP contribution in [0.2, 0.25) is 10.0 Å². The molecule has 0 saturated heterocycles. The van der Waals surface area contributed by atoms with E-state index < -0.39 is 0 Å². The summed E-state index contributed by atoms with van der Waals surface area (Å²) < 4.78 is 0. The minimum absolute atomic E-state index is 0.0477. The molecule has 3 aromatic rings. The highest BCUT2D eigenvalue weighted by Crippen LogP contribution is 2.33. The van der Waals surface area contributed by atoms with E-state index in [-0.39, 0.29) is 12.3 Å². The predicted octanol–water partition coefficient (Wildman–Crippen LogP) is 6.32. The van der Waals surface area contributed by atoms with E-state index in [4.69, 9.17) is 23.2 Å². The van der Waals surface area contributed by atoms with Crippen molar-refractivity contribution in [2.45, 2.75) is 17.9 Å². The number of thioether (sulfide) groups is 1. The number of halogens is 2. The number of hydrogen-bond acceptors (Lipinski definition) is 3. The normalized spacial score (nSPS) is 10.5. The fourth-order valence-corrected chi connectivity index (χ4v) is 3.63. The van der Waals surface area contributed by atoms with Crippen molar-refractivity contribution in [3.05, 3.63) is 87.9 Å². The summed E-state index contributed by atoms with van der Waals surface area (Å²) in [6, 6.07) is 21.1. The van der Waals surface area contributed by atoms with Gasteiger partial charge in [-0.15, -0.1) is 11.8 Å². The minimum atomic E-state index is -0.0477. The summed E-state index contributed by atoms with van der Waals surface area (Å²) in [5.41, 5.74) is 3.37. The van der Waals surface area contributed by atoms with Gasteiger partial charge in [-0.05, 0) is 47.7 Å². The van der Waals surface area contributed by atoms with E-state index in [9.17, 15) is 4.79 Å². The Morgan fingerprint density at radius 3 is 2.29 bits per heavy atom. The zero-order chi connectivity index (χ0) is 19.9. The first kappa shape index (κ1) is 20.6. The average molecular weight is 431 g/mol. The first-order valence-electron chi connectivity index (χ1n) is 8.75. The second kappa shape index (κ2) is 9.87. The minimum Gasteiger partial charge on any atom is -0.353 e. The Morgan fingerprint density at radius 1 is 0.929 bits per heavy atom. The number of anilines is 2. The van der Waals surface area contributed by atoms with Gasteiger partial charge >= 0.3 is 0 Å². The second-order valence-corrected chi connectivity index (χ2v) is 7.87. The van der Waals surface area contributed by atoms with Crippen molar-refractivity contribution in [1.82, 2.24) is 5.32 Å². The van der Waals surface area contributed by atoms with Crippen LogP contribution in [0.25, 0.3) is 0 Å². The zero-order valence-electron chi connectivity index (χ0n) is 15.3. The van der Waals surface area contributed by atoms with Gasteiger partial charge in [0.2, 0.25) is 5.91 Å². The van der Waals surface area contributed by atoms with Crippen LogP contribution in [0.1, 0.15) is 11.1 Å². The van der Waals surface area contributed by atoms with Gasteiger partial charge in [-0.1, -0.05) is 59.6 Å². The highest BCUT2D eigenvalue weighted by Gasteiger charge is 2.11. The first-order valence-corrected chi connectivity index (χ1v) is 10.7. The van der Waals surface area contributed by atoms with Gasteiger partial charge < -0.3 is 10.6 Å². The molecule has 0 spiro atoms. The van der Waals surface area contributed by atoms with Gasteiger partial charge in [0.05, 0.1) is 22.2 Å². The smallest absolute Gasteiger partial charge is 0.224 e. The van der Waals surface area contributed by atoms with E-state index in [0.29, 0.717) is 22.3 Å². The Hall–Kier alpha value is -2.14. The molecule has 0 heterocycles. The van der Waals surface area contributed by atoms with Gasteiger partial charge in [-0.2, -0.15) is 0 Å². The van der Waals surface area contributed by atoms with Crippen molar-refractivity contribution in [3.8, 4) is 0 Å². The molecule has 6 heteroatoms. The van der Waals surface area contributed by atoms with Gasteiger partial charge in [-0.25, -0.2) is 0 Å². The molecule has 2 N–H and O–H groups in total. The van der Waals surface area contributed by atoms with Crippen LogP contribution in [-0.2, 0) is 17.8 Å². The highest BCUT2D eigenvalue weighted by atomic mass is 35.5. The summed E-state index contributed by atoms with van der Waals surface area (Å²) in [7, 11) is 0. The molecule has 0 saturated carbocycles. The lowest BCUT2D eigenvalue weighted by molar-refractivity contribution is -0.120. The van der Waals surface area contributed by atoms with Gasteiger partial charge in [0, 0.05) is 17.1 Å². The lowest BCUT2D eigenvalue weighted by Crippen LogP contribution is -2.24. The summed E-state index contributed by atoms with van der Waals surface area (Å²) >= 11 is 14.2. The molecule has 28 heavy (non-hydrogen) atoms. The number of benzene rings is 3. The molecule has 0 unspecified atom stereocenters. The Bertz CT molecular complexity index is 941. The number of hydrogen-bond donors (Lipinski definition) is 2. The number of carbonyl (C=O) groups excluding carboxylic acids is 1. The molecular formula is C22H20Cl2N2OS. The molecule has 3 aromatic carbocycles. The monoisotopic (exact) mass is 430 g/mol. The third kappa shape index (κ3) is 5.44. The molecule has 0 atom stereocenters. The van der Waals surface area contributed by atoms with Crippen LogP contribution >= 0.6 is 35.0 Å². The number of nitrogens with one attached hydrogen (secondary N) is 2. The number of rotatable bonds is 7. The SMILES string of the molecule is CSc1ccc(CNC(=O)Cc2ccccc2Nc2c(Cl)cccc2Cl)cc1. The van der Waals surface area contributed by atoms with E-state index in [1.807, 2.05) is 42.7 Å². The summed E-state index contributed by atoms with van der Waals surface area (Å²) in [5, 5.41) is 7.28. The Balaban J connectivity index is 1.66. The fourth-order valence-electron chi connectivity index (χ4n) is 2.73. The van der Waals surface area contributed by atoms with Crippen molar-refractivity contribution < 1.29 is 4.79 Å². The van der Waals surface area contributed by atoms with Gasteiger partial charge in [0.1, 0.15) is 0 Å². The summed E-state index contributed by atoms with van der Waals surface area (Å²) in [5.74, 6) is -0.0477. The molecule has 3 rings (SSSR count). The second-order valence-electron chi connectivity index (χ2n) is 6.18. The molecule has 0 aliphatic carbocycles.